The highest BCUT2D eigenvalue weighted by Gasteiger charge is 2.65. The number of urea groups is 1. The van der Waals surface area contributed by atoms with Gasteiger partial charge < -0.3 is 4.90 Å². The zero-order chi connectivity index (χ0) is 23.9. The first-order valence-corrected chi connectivity index (χ1v) is 11.2. The molecule has 9 heteroatoms. The van der Waals surface area contributed by atoms with Crippen LogP contribution in [0.4, 0.5) is 10.6 Å². The first-order chi connectivity index (χ1) is 16.3. The van der Waals surface area contributed by atoms with E-state index in [0.717, 1.165) is 26.5 Å². The smallest absolute Gasteiger partial charge is 0.332 e. The lowest BCUT2D eigenvalue weighted by molar-refractivity contribution is -0.159. The number of barbiturate groups is 1. The maximum Gasteiger partial charge on any atom is 0.332 e. The van der Waals surface area contributed by atoms with Crippen molar-refractivity contribution in [2.75, 3.05) is 25.5 Å². The summed E-state index contributed by atoms with van der Waals surface area (Å²) in [5.41, 5.74) is 1.66. The summed E-state index contributed by atoms with van der Waals surface area (Å²) in [6.07, 6.45) is 2.21. The number of hydrogen-bond acceptors (Lipinski definition) is 6. The van der Waals surface area contributed by atoms with Gasteiger partial charge in [0.2, 0.25) is 11.8 Å². The van der Waals surface area contributed by atoms with Crippen LogP contribution in [0.15, 0.2) is 47.4 Å². The van der Waals surface area contributed by atoms with Gasteiger partial charge in [-0.15, -0.1) is 0 Å². The number of benzene rings is 1. The van der Waals surface area contributed by atoms with E-state index < -0.39 is 29.3 Å². The molecule has 1 spiro atoms. The van der Waals surface area contributed by atoms with Gasteiger partial charge in [0, 0.05) is 33.3 Å². The SMILES string of the molecule is Cc1cccn2c(=O)c3c(nc12)N1CCc2ccccc2[C@@H]1C1(C3)C(=O)N(C)C(=O)N(C)C1=O. The minimum absolute atomic E-state index is 0.125. The lowest BCUT2D eigenvalue weighted by Crippen LogP contribution is -2.69. The van der Waals surface area contributed by atoms with Crippen LogP contribution in [0.3, 0.4) is 0 Å². The number of nitrogens with zero attached hydrogens (tertiary/aromatic N) is 5. The zero-order valence-electron chi connectivity index (χ0n) is 19.1. The first-order valence-electron chi connectivity index (χ1n) is 11.2. The van der Waals surface area contributed by atoms with E-state index in [1.807, 2.05) is 42.2 Å². The van der Waals surface area contributed by atoms with E-state index in [0.29, 0.717) is 30.0 Å². The topological polar surface area (TPSA) is 95.3 Å². The molecule has 6 rings (SSSR count). The van der Waals surface area contributed by atoms with Crippen molar-refractivity contribution in [1.82, 2.24) is 19.2 Å². The second-order valence-electron chi connectivity index (χ2n) is 9.31. The van der Waals surface area contributed by atoms with Gasteiger partial charge in [-0.2, -0.15) is 0 Å². The van der Waals surface area contributed by atoms with E-state index in [9.17, 15) is 19.2 Å². The van der Waals surface area contributed by atoms with Gasteiger partial charge in [-0.25, -0.2) is 9.78 Å². The van der Waals surface area contributed by atoms with Crippen LogP contribution in [0, 0.1) is 12.3 Å². The van der Waals surface area contributed by atoms with Crippen LogP contribution in [-0.4, -0.2) is 57.7 Å². The van der Waals surface area contributed by atoms with Crippen molar-refractivity contribution in [3.05, 3.63) is 75.2 Å². The summed E-state index contributed by atoms with van der Waals surface area (Å²) in [6.45, 7) is 2.39. The fraction of sp³-hybridized carbons (Fsp3) is 0.320. The highest BCUT2D eigenvalue weighted by atomic mass is 16.2. The number of fused-ring (bicyclic) bond motifs is 7. The Kier molecular flexibility index (Phi) is 4.09. The van der Waals surface area contributed by atoms with E-state index in [4.69, 9.17) is 4.98 Å². The van der Waals surface area contributed by atoms with Crippen LogP contribution in [-0.2, 0) is 22.4 Å². The summed E-state index contributed by atoms with van der Waals surface area (Å²) in [5.74, 6) is -0.675. The number of carbonyl (C=O) groups excluding carboxylic acids is 3. The van der Waals surface area contributed by atoms with Gasteiger partial charge in [0.05, 0.1) is 11.6 Å². The molecule has 0 unspecified atom stereocenters. The van der Waals surface area contributed by atoms with E-state index in [1.54, 1.807) is 12.3 Å². The average molecular weight is 457 g/mol. The Hall–Kier alpha value is -4.01. The van der Waals surface area contributed by atoms with Crippen LogP contribution < -0.4 is 10.5 Å². The van der Waals surface area contributed by atoms with Crippen molar-refractivity contribution in [3.8, 4) is 0 Å². The predicted molar refractivity (Wildman–Crippen MR) is 124 cm³/mol. The van der Waals surface area contributed by atoms with Gasteiger partial charge in [0.15, 0.2) is 5.41 Å². The molecule has 3 aliphatic heterocycles. The molecule has 3 aliphatic rings. The second kappa shape index (κ2) is 6.75. The van der Waals surface area contributed by atoms with Crippen LogP contribution >= 0.6 is 0 Å². The molecular formula is C25H23N5O4. The Morgan fingerprint density at radius 1 is 0.971 bits per heavy atom. The Balaban J connectivity index is 1.71. The van der Waals surface area contributed by atoms with Crippen LogP contribution in [0.2, 0.25) is 0 Å². The average Bonchev–Trinajstić information content (AvgIpc) is 2.86. The molecule has 0 bridgehead atoms. The van der Waals surface area contributed by atoms with Crippen LogP contribution in [0.5, 0.6) is 0 Å². The van der Waals surface area contributed by atoms with Crippen molar-refractivity contribution in [2.24, 2.45) is 5.41 Å². The number of anilines is 1. The van der Waals surface area contributed by atoms with E-state index in [1.165, 1.54) is 18.5 Å². The molecule has 0 aliphatic carbocycles. The minimum Gasteiger partial charge on any atom is -0.347 e. The largest absolute Gasteiger partial charge is 0.347 e. The molecular weight excluding hydrogens is 434 g/mol. The number of rotatable bonds is 0. The van der Waals surface area contributed by atoms with E-state index >= 15 is 0 Å². The van der Waals surface area contributed by atoms with Crippen LogP contribution in [0.1, 0.15) is 28.3 Å². The highest BCUT2D eigenvalue weighted by molar-refractivity contribution is 6.20. The molecule has 0 radical (unpaired) electrons. The minimum atomic E-state index is -1.65. The fourth-order valence-electron chi connectivity index (χ4n) is 5.89. The maximum atomic E-state index is 13.9. The van der Waals surface area contributed by atoms with Crippen molar-refractivity contribution in [1.29, 1.82) is 0 Å². The van der Waals surface area contributed by atoms with Crippen molar-refractivity contribution in [3.63, 3.8) is 0 Å². The molecule has 4 amide bonds. The lowest BCUT2D eigenvalue weighted by atomic mass is 9.65. The molecule has 0 saturated carbocycles. The van der Waals surface area contributed by atoms with Gasteiger partial charge in [-0.1, -0.05) is 30.3 Å². The number of carbonyl (C=O) groups is 3. The third kappa shape index (κ3) is 2.36. The van der Waals surface area contributed by atoms with Gasteiger partial charge in [-0.3, -0.25) is 28.6 Å². The van der Waals surface area contributed by atoms with Crippen molar-refractivity contribution in [2.45, 2.75) is 25.8 Å². The lowest BCUT2D eigenvalue weighted by Gasteiger charge is -2.54. The molecule has 5 heterocycles. The molecule has 1 fully saturated rings. The normalized spacial score (nSPS) is 21.1. The Morgan fingerprint density at radius 2 is 1.68 bits per heavy atom. The molecule has 1 saturated heterocycles. The summed E-state index contributed by atoms with van der Waals surface area (Å²) in [5, 5.41) is 0. The summed E-state index contributed by atoms with van der Waals surface area (Å²) >= 11 is 0. The number of pyridine rings is 1. The zero-order valence-corrected chi connectivity index (χ0v) is 19.1. The molecule has 2 aromatic heterocycles. The van der Waals surface area contributed by atoms with E-state index in [-0.39, 0.29) is 12.0 Å². The summed E-state index contributed by atoms with van der Waals surface area (Å²) in [6, 6.07) is 10.1. The number of aromatic nitrogens is 2. The molecule has 0 N–H and O–H groups in total. The third-order valence-corrected chi connectivity index (χ3v) is 7.55. The monoisotopic (exact) mass is 457 g/mol. The van der Waals surface area contributed by atoms with Gasteiger partial charge >= 0.3 is 6.03 Å². The quantitative estimate of drug-likeness (QED) is 0.477. The third-order valence-electron chi connectivity index (χ3n) is 7.55. The summed E-state index contributed by atoms with van der Waals surface area (Å²) in [4.78, 5) is 62.9. The number of aryl methyl sites for hydroxylation is 1. The number of hydrogen-bond donors (Lipinski definition) is 0. The number of amides is 4. The molecule has 34 heavy (non-hydrogen) atoms. The fourth-order valence-corrected chi connectivity index (χ4v) is 5.89. The van der Waals surface area contributed by atoms with Gasteiger partial charge in [0.1, 0.15) is 11.5 Å². The Morgan fingerprint density at radius 3 is 2.41 bits per heavy atom. The molecule has 9 nitrogen and oxygen atoms in total. The second-order valence-corrected chi connectivity index (χ2v) is 9.31. The first kappa shape index (κ1) is 20.6. The molecule has 1 aromatic carbocycles. The van der Waals surface area contributed by atoms with Gasteiger partial charge in [0.25, 0.3) is 5.56 Å². The summed E-state index contributed by atoms with van der Waals surface area (Å²) in [7, 11) is 2.78. The molecule has 3 aromatic rings. The van der Waals surface area contributed by atoms with Gasteiger partial charge in [-0.05, 0) is 36.1 Å². The number of imide groups is 2. The van der Waals surface area contributed by atoms with E-state index in [2.05, 4.69) is 0 Å². The predicted octanol–water partition coefficient (Wildman–Crippen LogP) is 1.70. The van der Waals surface area contributed by atoms with Crippen molar-refractivity contribution >= 4 is 29.3 Å². The van der Waals surface area contributed by atoms with Crippen molar-refractivity contribution < 1.29 is 14.4 Å². The highest BCUT2D eigenvalue weighted by Crippen LogP contribution is 2.53. The maximum absolute atomic E-state index is 13.9. The Labute approximate surface area is 195 Å². The Bertz CT molecular complexity index is 1470. The van der Waals surface area contributed by atoms with Crippen LogP contribution in [0.25, 0.3) is 5.65 Å². The molecule has 1 atom stereocenters. The standard InChI is InChI=1S/C25H23N5O4/c1-14-7-6-11-30-19(14)26-20-17(21(30)31)13-25(22(32)27(2)24(34)28(3)23(25)33)18-16-9-5-4-8-15(16)10-12-29(18)20/h4-9,11,18H,10,12-13H2,1-3H3/t18-/m1/s1. The molecule has 172 valence electrons. The summed E-state index contributed by atoms with van der Waals surface area (Å²) < 4.78 is 1.47.